The molecule has 0 atom stereocenters. The number of furan rings is 1. The van der Waals surface area contributed by atoms with Gasteiger partial charge in [0.25, 0.3) is 0 Å². The van der Waals surface area contributed by atoms with Crippen molar-refractivity contribution in [2.24, 2.45) is 0 Å². The molecule has 0 radical (unpaired) electrons. The molecule has 17 heavy (non-hydrogen) atoms. The van der Waals surface area contributed by atoms with E-state index in [1.54, 1.807) is 6.26 Å². The van der Waals surface area contributed by atoms with Crippen molar-refractivity contribution in [2.45, 2.75) is 26.7 Å². The molecule has 0 aliphatic heterocycles. The van der Waals surface area contributed by atoms with Crippen LogP contribution in [0.3, 0.4) is 0 Å². The third kappa shape index (κ3) is 2.16. The van der Waals surface area contributed by atoms with Gasteiger partial charge in [0.2, 0.25) is 0 Å². The predicted molar refractivity (Wildman–Crippen MR) is 68.1 cm³/mol. The highest BCUT2D eigenvalue weighted by atomic mass is 16.3. The first-order valence-electron chi connectivity index (χ1n) is 5.73. The second-order valence-electron chi connectivity index (χ2n) is 4.28. The second-order valence-corrected chi connectivity index (χ2v) is 4.28. The molecule has 2 aromatic heterocycles. The Morgan fingerprint density at radius 3 is 2.59 bits per heavy atom. The molecule has 2 heterocycles. The number of hydrogen-bond acceptors (Lipinski definition) is 4. The van der Waals surface area contributed by atoms with Crippen LogP contribution in [0.25, 0.3) is 11.6 Å². The minimum atomic E-state index is 0.392. The lowest BCUT2D eigenvalue weighted by molar-refractivity contribution is 0.576. The summed E-state index contributed by atoms with van der Waals surface area (Å²) in [5, 5.41) is 3.13. The summed E-state index contributed by atoms with van der Waals surface area (Å²) in [5.41, 5.74) is 2.15. The maximum absolute atomic E-state index is 5.32. The molecule has 0 aliphatic carbocycles. The Morgan fingerprint density at radius 2 is 2.06 bits per heavy atom. The highest BCUT2D eigenvalue weighted by Crippen LogP contribution is 2.27. The van der Waals surface area contributed by atoms with Crippen LogP contribution in [0.5, 0.6) is 0 Å². The van der Waals surface area contributed by atoms with Gasteiger partial charge >= 0.3 is 0 Å². The summed E-state index contributed by atoms with van der Waals surface area (Å²) < 4.78 is 5.32. The molecular weight excluding hydrogens is 214 g/mol. The van der Waals surface area contributed by atoms with E-state index in [4.69, 9.17) is 4.42 Å². The van der Waals surface area contributed by atoms with Crippen LogP contribution < -0.4 is 5.32 Å². The van der Waals surface area contributed by atoms with Crippen LogP contribution in [0, 0.1) is 6.92 Å². The first-order valence-corrected chi connectivity index (χ1v) is 5.73. The van der Waals surface area contributed by atoms with E-state index >= 15 is 0 Å². The van der Waals surface area contributed by atoms with E-state index in [1.165, 1.54) is 0 Å². The average Bonchev–Trinajstić information content (AvgIpc) is 2.80. The molecule has 90 valence electrons. The minimum Gasteiger partial charge on any atom is -0.461 e. The van der Waals surface area contributed by atoms with Gasteiger partial charge in [0.05, 0.1) is 6.26 Å². The fraction of sp³-hybridized carbons (Fsp3) is 0.385. The van der Waals surface area contributed by atoms with Crippen molar-refractivity contribution in [3.63, 3.8) is 0 Å². The van der Waals surface area contributed by atoms with Gasteiger partial charge in [0.15, 0.2) is 11.6 Å². The molecule has 0 saturated carbocycles. The normalized spacial score (nSPS) is 10.9. The largest absolute Gasteiger partial charge is 0.461 e. The Morgan fingerprint density at radius 1 is 1.29 bits per heavy atom. The lowest BCUT2D eigenvalue weighted by atomic mass is 10.0. The number of rotatable bonds is 3. The zero-order valence-electron chi connectivity index (χ0n) is 10.6. The molecule has 2 aromatic rings. The van der Waals surface area contributed by atoms with Gasteiger partial charge in [0.1, 0.15) is 5.82 Å². The summed E-state index contributed by atoms with van der Waals surface area (Å²) >= 11 is 0. The molecule has 0 unspecified atom stereocenters. The maximum atomic E-state index is 5.32. The molecule has 2 rings (SSSR count). The first kappa shape index (κ1) is 11.6. The van der Waals surface area contributed by atoms with E-state index in [0.717, 1.165) is 17.1 Å². The van der Waals surface area contributed by atoms with Gasteiger partial charge in [-0.3, -0.25) is 0 Å². The average molecular weight is 231 g/mol. The highest BCUT2D eigenvalue weighted by molar-refractivity contribution is 5.56. The number of anilines is 1. The summed E-state index contributed by atoms with van der Waals surface area (Å²) in [4.78, 5) is 9.00. The predicted octanol–water partition coefficient (Wildman–Crippen LogP) is 3.21. The molecule has 0 spiro atoms. The van der Waals surface area contributed by atoms with Gasteiger partial charge in [-0.05, 0) is 25.0 Å². The van der Waals surface area contributed by atoms with Crippen molar-refractivity contribution in [1.82, 2.24) is 9.97 Å². The summed E-state index contributed by atoms with van der Waals surface area (Å²) in [7, 11) is 1.87. The van der Waals surface area contributed by atoms with Crippen molar-refractivity contribution >= 4 is 5.82 Å². The van der Waals surface area contributed by atoms with E-state index < -0.39 is 0 Å². The number of aromatic nitrogens is 2. The van der Waals surface area contributed by atoms with Crippen molar-refractivity contribution in [3.8, 4) is 11.6 Å². The zero-order chi connectivity index (χ0) is 12.4. The van der Waals surface area contributed by atoms with Crippen molar-refractivity contribution in [3.05, 3.63) is 29.7 Å². The molecule has 4 nitrogen and oxygen atoms in total. The number of hydrogen-bond donors (Lipinski definition) is 1. The van der Waals surface area contributed by atoms with E-state index in [2.05, 4.69) is 29.1 Å². The van der Waals surface area contributed by atoms with Crippen LogP contribution >= 0.6 is 0 Å². The first-order chi connectivity index (χ1) is 8.13. The van der Waals surface area contributed by atoms with Gasteiger partial charge in [-0.2, -0.15) is 0 Å². The molecule has 0 amide bonds. The van der Waals surface area contributed by atoms with Crippen LogP contribution in [0.15, 0.2) is 22.8 Å². The number of nitrogens with one attached hydrogen (secondary N) is 1. The Balaban J connectivity index is 2.56. The van der Waals surface area contributed by atoms with E-state index in [1.807, 2.05) is 26.1 Å². The fourth-order valence-corrected chi connectivity index (χ4v) is 1.98. The van der Waals surface area contributed by atoms with Gasteiger partial charge in [-0.15, -0.1) is 0 Å². The highest BCUT2D eigenvalue weighted by Gasteiger charge is 2.15. The summed E-state index contributed by atoms with van der Waals surface area (Å²) in [5.74, 6) is 2.59. The second kappa shape index (κ2) is 4.57. The third-order valence-electron chi connectivity index (χ3n) is 2.69. The van der Waals surface area contributed by atoms with Gasteiger partial charge in [-0.1, -0.05) is 13.8 Å². The summed E-state index contributed by atoms with van der Waals surface area (Å²) in [6, 6.07) is 3.70. The standard InChI is InChI=1S/C13H17N3O/c1-8(2)11-9(3)15-12(16-13(11)14-4)10-6-5-7-17-10/h5-8H,1-4H3,(H,14,15,16). The quantitative estimate of drug-likeness (QED) is 0.881. The zero-order valence-corrected chi connectivity index (χ0v) is 10.6. The smallest absolute Gasteiger partial charge is 0.197 e. The number of nitrogens with zero attached hydrogens (tertiary/aromatic N) is 2. The van der Waals surface area contributed by atoms with E-state index in [-0.39, 0.29) is 0 Å². The van der Waals surface area contributed by atoms with Crippen LogP contribution in [0.1, 0.15) is 31.0 Å². The Bertz CT molecular complexity index is 504. The lowest BCUT2D eigenvalue weighted by Crippen LogP contribution is -2.06. The molecule has 0 aliphatic rings. The summed E-state index contributed by atoms with van der Waals surface area (Å²) in [6.45, 7) is 6.28. The van der Waals surface area contributed by atoms with E-state index in [0.29, 0.717) is 17.5 Å². The number of aryl methyl sites for hydroxylation is 1. The molecule has 4 heteroatoms. The van der Waals surface area contributed by atoms with Crippen LogP contribution in [0.4, 0.5) is 5.82 Å². The third-order valence-corrected chi connectivity index (χ3v) is 2.69. The van der Waals surface area contributed by atoms with Gasteiger partial charge in [-0.25, -0.2) is 9.97 Å². The Kier molecular flexibility index (Phi) is 3.13. The molecular formula is C13H17N3O. The van der Waals surface area contributed by atoms with Gasteiger partial charge < -0.3 is 9.73 Å². The fourth-order valence-electron chi connectivity index (χ4n) is 1.98. The van der Waals surface area contributed by atoms with Gasteiger partial charge in [0, 0.05) is 18.3 Å². The Hall–Kier alpha value is -1.84. The lowest BCUT2D eigenvalue weighted by Gasteiger charge is -2.14. The van der Waals surface area contributed by atoms with Crippen molar-refractivity contribution in [1.29, 1.82) is 0 Å². The Labute approximate surface area is 101 Å². The molecule has 0 bridgehead atoms. The minimum absolute atomic E-state index is 0.392. The topological polar surface area (TPSA) is 51.0 Å². The van der Waals surface area contributed by atoms with Crippen molar-refractivity contribution in [2.75, 3.05) is 12.4 Å². The van der Waals surface area contributed by atoms with Crippen LogP contribution in [-0.4, -0.2) is 17.0 Å². The summed E-state index contributed by atoms with van der Waals surface area (Å²) in [6.07, 6.45) is 1.63. The molecule has 0 saturated heterocycles. The molecule has 0 aromatic carbocycles. The van der Waals surface area contributed by atoms with E-state index in [9.17, 15) is 0 Å². The maximum Gasteiger partial charge on any atom is 0.197 e. The molecule has 1 N–H and O–H groups in total. The van der Waals surface area contributed by atoms with Crippen LogP contribution in [-0.2, 0) is 0 Å². The molecule has 0 fully saturated rings. The monoisotopic (exact) mass is 231 g/mol. The SMILES string of the molecule is CNc1nc(-c2ccco2)nc(C)c1C(C)C. The van der Waals surface area contributed by atoms with Crippen LogP contribution in [0.2, 0.25) is 0 Å². The van der Waals surface area contributed by atoms with Crippen molar-refractivity contribution < 1.29 is 4.42 Å².